The van der Waals surface area contributed by atoms with E-state index in [0.29, 0.717) is 17.2 Å². The Balaban J connectivity index is 1.69. The van der Waals surface area contributed by atoms with Crippen molar-refractivity contribution in [2.75, 3.05) is 59.5 Å². The Morgan fingerprint density at radius 3 is 1.93 bits per heavy atom. The molecule has 1 aliphatic rings. The van der Waals surface area contributed by atoms with Gasteiger partial charge in [-0.3, -0.25) is 4.90 Å². The van der Waals surface area contributed by atoms with Crippen LogP contribution < -0.4 is 23.8 Å². The highest BCUT2D eigenvalue weighted by Crippen LogP contribution is 2.38. The lowest BCUT2D eigenvalue weighted by Gasteiger charge is -2.36. The zero-order chi connectivity index (χ0) is 20.1. The summed E-state index contributed by atoms with van der Waals surface area (Å²) in [6.07, 6.45) is 0. The van der Waals surface area contributed by atoms with Gasteiger partial charge in [0.05, 0.1) is 34.1 Å². The van der Waals surface area contributed by atoms with Crippen LogP contribution in [0.2, 0.25) is 5.02 Å². The second-order valence-electron chi connectivity index (χ2n) is 6.61. The minimum atomic E-state index is 0.617. The third-order valence-electron chi connectivity index (χ3n) is 4.98. The molecule has 3 rings (SSSR count). The number of piperazine rings is 1. The summed E-state index contributed by atoms with van der Waals surface area (Å²) in [6.45, 7) is 4.50. The van der Waals surface area contributed by atoms with E-state index in [1.54, 1.807) is 28.4 Å². The predicted molar refractivity (Wildman–Crippen MR) is 112 cm³/mol. The Morgan fingerprint density at radius 1 is 0.786 bits per heavy atom. The molecular formula is C21H27ClN2O4. The first-order valence-electron chi connectivity index (χ1n) is 9.19. The first kappa shape index (κ1) is 20.4. The van der Waals surface area contributed by atoms with Crippen LogP contribution in [0, 0.1) is 0 Å². The van der Waals surface area contributed by atoms with Crippen LogP contribution in [0.15, 0.2) is 30.3 Å². The number of halogens is 1. The topological polar surface area (TPSA) is 43.4 Å². The van der Waals surface area contributed by atoms with Crippen LogP contribution in [0.1, 0.15) is 5.56 Å². The van der Waals surface area contributed by atoms with Crippen molar-refractivity contribution in [1.29, 1.82) is 0 Å². The molecule has 0 amide bonds. The zero-order valence-corrected chi connectivity index (χ0v) is 17.6. The Kier molecular flexibility index (Phi) is 6.75. The molecule has 0 N–H and O–H groups in total. The summed E-state index contributed by atoms with van der Waals surface area (Å²) in [7, 11) is 6.58. The number of methoxy groups -OCH3 is 4. The van der Waals surface area contributed by atoms with Crippen molar-refractivity contribution in [2.45, 2.75) is 6.54 Å². The number of ether oxygens (including phenoxy) is 4. The van der Waals surface area contributed by atoms with Gasteiger partial charge in [0.1, 0.15) is 5.75 Å². The number of hydrogen-bond acceptors (Lipinski definition) is 6. The number of rotatable bonds is 7. The molecule has 1 fully saturated rings. The molecule has 0 bridgehead atoms. The number of nitrogens with zero attached hydrogens (tertiary/aromatic N) is 2. The van der Waals surface area contributed by atoms with Crippen LogP contribution >= 0.6 is 11.6 Å². The summed E-state index contributed by atoms with van der Waals surface area (Å²) in [6, 6.07) is 9.75. The zero-order valence-electron chi connectivity index (χ0n) is 16.8. The lowest BCUT2D eigenvalue weighted by atomic mass is 10.1. The van der Waals surface area contributed by atoms with Gasteiger partial charge in [-0.05, 0) is 35.9 Å². The van der Waals surface area contributed by atoms with E-state index in [2.05, 4.69) is 9.80 Å². The maximum atomic E-state index is 6.18. The standard InChI is InChI=1S/C21H27ClN2O4/c1-25-18-6-5-16(22)13-17(18)24-9-7-23(8-10-24)14-15-11-19(26-2)21(28-4)20(12-15)27-3/h5-6,11-13H,7-10,14H2,1-4H3. The first-order valence-corrected chi connectivity index (χ1v) is 9.57. The number of anilines is 1. The molecule has 6 nitrogen and oxygen atoms in total. The van der Waals surface area contributed by atoms with Gasteiger partial charge >= 0.3 is 0 Å². The molecule has 2 aromatic rings. The fourth-order valence-corrected chi connectivity index (χ4v) is 3.71. The molecule has 0 aromatic heterocycles. The molecule has 1 saturated heterocycles. The molecule has 0 spiro atoms. The molecular weight excluding hydrogens is 380 g/mol. The highest BCUT2D eigenvalue weighted by Gasteiger charge is 2.21. The summed E-state index contributed by atoms with van der Waals surface area (Å²) < 4.78 is 21.8. The van der Waals surface area contributed by atoms with Gasteiger partial charge in [0.2, 0.25) is 5.75 Å². The fraction of sp³-hybridized carbons (Fsp3) is 0.429. The largest absolute Gasteiger partial charge is 0.495 e. The molecule has 0 aliphatic carbocycles. The van der Waals surface area contributed by atoms with E-state index in [0.717, 1.165) is 54.7 Å². The summed E-state index contributed by atoms with van der Waals surface area (Å²) >= 11 is 6.18. The van der Waals surface area contributed by atoms with Gasteiger partial charge in [0.25, 0.3) is 0 Å². The van der Waals surface area contributed by atoms with Crippen molar-refractivity contribution in [3.05, 3.63) is 40.9 Å². The van der Waals surface area contributed by atoms with Crippen molar-refractivity contribution < 1.29 is 18.9 Å². The summed E-state index contributed by atoms with van der Waals surface area (Å²) in [5, 5.41) is 0.718. The van der Waals surface area contributed by atoms with E-state index in [1.165, 1.54) is 0 Å². The molecule has 28 heavy (non-hydrogen) atoms. The SMILES string of the molecule is COc1ccc(Cl)cc1N1CCN(Cc2cc(OC)c(OC)c(OC)c2)CC1. The molecule has 0 atom stereocenters. The summed E-state index contributed by atoms with van der Waals surface area (Å²) in [5.74, 6) is 2.83. The van der Waals surface area contributed by atoms with E-state index in [-0.39, 0.29) is 0 Å². The minimum Gasteiger partial charge on any atom is -0.495 e. The van der Waals surface area contributed by atoms with Crippen molar-refractivity contribution in [1.82, 2.24) is 4.90 Å². The molecule has 2 aromatic carbocycles. The van der Waals surface area contributed by atoms with Gasteiger partial charge in [-0.2, -0.15) is 0 Å². The quantitative estimate of drug-likeness (QED) is 0.698. The van der Waals surface area contributed by atoms with Crippen LogP contribution in [-0.4, -0.2) is 59.5 Å². The summed E-state index contributed by atoms with van der Waals surface area (Å²) in [4.78, 5) is 4.73. The summed E-state index contributed by atoms with van der Waals surface area (Å²) in [5.41, 5.74) is 2.17. The van der Waals surface area contributed by atoms with Crippen molar-refractivity contribution in [3.63, 3.8) is 0 Å². The second kappa shape index (κ2) is 9.26. The fourth-order valence-electron chi connectivity index (χ4n) is 3.54. The normalized spacial score (nSPS) is 14.7. The van der Waals surface area contributed by atoms with Gasteiger partial charge in [-0.1, -0.05) is 11.6 Å². The second-order valence-corrected chi connectivity index (χ2v) is 7.05. The third-order valence-corrected chi connectivity index (χ3v) is 5.22. The molecule has 0 saturated carbocycles. The van der Waals surface area contributed by atoms with Crippen LogP contribution in [0.3, 0.4) is 0 Å². The minimum absolute atomic E-state index is 0.617. The highest BCUT2D eigenvalue weighted by molar-refractivity contribution is 6.30. The first-order chi connectivity index (χ1) is 13.6. The lowest BCUT2D eigenvalue weighted by Crippen LogP contribution is -2.46. The van der Waals surface area contributed by atoms with Crippen LogP contribution in [0.25, 0.3) is 0 Å². The lowest BCUT2D eigenvalue weighted by molar-refractivity contribution is 0.247. The molecule has 0 unspecified atom stereocenters. The molecule has 1 aliphatic heterocycles. The Morgan fingerprint density at radius 2 is 1.39 bits per heavy atom. The third kappa shape index (κ3) is 4.39. The van der Waals surface area contributed by atoms with Crippen LogP contribution in [0.4, 0.5) is 5.69 Å². The van der Waals surface area contributed by atoms with E-state index in [4.69, 9.17) is 30.5 Å². The average Bonchev–Trinajstić information content (AvgIpc) is 2.73. The number of benzene rings is 2. The van der Waals surface area contributed by atoms with Crippen LogP contribution in [0.5, 0.6) is 23.0 Å². The predicted octanol–water partition coefficient (Wildman–Crippen LogP) is 3.70. The van der Waals surface area contributed by atoms with Crippen molar-refractivity contribution >= 4 is 17.3 Å². The number of hydrogen-bond donors (Lipinski definition) is 0. The van der Waals surface area contributed by atoms with E-state index >= 15 is 0 Å². The van der Waals surface area contributed by atoms with E-state index in [9.17, 15) is 0 Å². The highest BCUT2D eigenvalue weighted by atomic mass is 35.5. The van der Waals surface area contributed by atoms with Crippen molar-refractivity contribution in [3.8, 4) is 23.0 Å². The van der Waals surface area contributed by atoms with Crippen molar-refractivity contribution in [2.24, 2.45) is 0 Å². The molecule has 7 heteroatoms. The Bertz CT molecular complexity index is 782. The monoisotopic (exact) mass is 406 g/mol. The van der Waals surface area contributed by atoms with Gasteiger partial charge in [0.15, 0.2) is 11.5 Å². The molecule has 0 radical (unpaired) electrons. The maximum Gasteiger partial charge on any atom is 0.203 e. The molecule has 1 heterocycles. The smallest absolute Gasteiger partial charge is 0.203 e. The Labute approximate surface area is 171 Å². The van der Waals surface area contributed by atoms with E-state index in [1.807, 2.05) is 30.3 Å². The average molecular weight is 407 g/mol. The Hall–Kier alpha value is -2.31. The molecule has 152 valence electrons. The van der Waals surface area contributed by atoms with Crippen LogP contribution in [-0.2, 0) is 6.54 Å². The van der Waals surface area contributed by atoms with Gasteiger partial charge < -0.3 is 23.8 Å². The van der Waals surface area contributed by atoms with Gasteiger partial charge in [0, 0.05) is 37.7 Å². The van der Waals surface area contributed by atoms with Gasteiger partial charge in [-0.15, -0.1) is 0 Å². The van der Waals surface area contributed by atoms with Gasteiger partial charge in [-0.25, -0.2) is 0 Å². The maximum absolute atomic E-state index is 6.18. The van der Waals surface area contributed by atoms with E-state index < -0.39 is 0 Å².